The van der Waals surface area contributed by atoms with Crippen molar-refractivity contribution in [2.45, 2.75) is 44.4 Å². The number of carbonyl (C=O) groups is 1. The minimum atomic E-state index is -1.38. The maximum absolute atomic E-state index is 15.5. The minimum absolute atomic E-state index is 0.108. The molecular weight excluding hydrogens is 449 g/mol. The van der Waals surface area contributed by atoms with Gasteiger partial charge in [0.2, 0.25) is 5.91 Å². The third-order valence-corrected chi connectivity index (χ3v) is 6.62. The van der Waals surface area contributed by atoms with Crippen molar-refractivity contribution in [1.29, 1.82) is 0 Å². The number of hydrogen-bond donors (Lipinski definition) is 2. The lowest BCUT2D eigenvalue weighted by molar-refractivity contribution is -0.114. The molecule has 2 aliphatic heterocycles. The molecule has 0 bridgehead atoms. The van der Waals surface area contributed by atoms with E-state index in [0.717, 1.165) is 22.5 Å². The van der Waals surface area contributed by atoms with E-state index >= 15 is 4.39 Å². The molecule has 0 saturated carbocycles. The number of carbonyl (C=O) groups excluding carboxylic acids is 1. The van der Waals surface area contributed by atoms with Gasteiger partial charge in [0, 0.05) is 44.4 Å². The van der Waals surface area contributed by atoms with Crippen molar-refractivity contribution in [3.8, 4) is 0 Å². The Bertz CT molecular complexity index is 1200. The summed E-state index contributed by atoms with van der Waals surface area (Å²) in [5.41, 5.74) is 5.57. The first-order valence-electron chi connectivity index (χ1n) is 11.6. The highest BCUT2D eigenvalue weighted by Gasteiger charge is 2.44. The first kappa shape index (κ1) is 23.2. The van der Waals surface area contributed by atoms with Crippen LogP contribution in [-0.4, -0.2) is 34.3 Å². The smallest absolute Gasteiger partial charge is 0.257 e. The monoisotopic (exact) mass is 477 g/mol. The van der Waals surface area contributed by atoms with Crippen LogP contribution in [0.4, 0.5) is 10.1 Å². The Hall–Kier alpha value is -3.56. The van der Waals surface area contributed by atoms with Crippen LogP contribution in [0.15, 0.2) is 71.2 Å². The molecule has 3 aromatic rings. The molecular formula is C26H28FN5O3. The molecule has 1 aromatic heterocycles. The number of rotatable bonds is 6. The SMILES string of the molecule is CC(=O)Nc1ccc(CN2NC(c3ccc(C4(F)CCOCC4)cc3)(c3ncno3)C=C2C)cc1. The van der Waals surface area contributed by atoms with Crippen molar-refractivity contribution in [2.24, 2.45) is 0 Å². The fourth-order valence-corrected chi connectivity index (χ4v) is 4.71. The maximum Gasteiger partial charge on any atom is 0.257 e. The Morgan fingerprint density at radius 2 is 1.80 bits per heavy atom. The van der Waals surface area contributed by atoms with Gasteiger partial charge in [0.05, 0.1) is 6.54 Å². The standard InChI is InChI=1S/C26H28FN5O3/c1-18-15-26(24-28-17-29-35-24,22-7-5-21(6-8-22)25(27)11-13-34-14-12-25)31-32(18)16-20-3-9-23(10-4-20)30-19(2)33/h3-10,15,17,31H,11-14,16H2,1-2H3,(H,30,33). The molecule has 0 aliphatic carbocycles. The molecule has 35 heavy (non-hydrogen) atoms. The molecule has 9 heteroatoms. The second-order valence-corrected chi connectivity index (χ2v) is 9.07. The van der Waals surface area contributed by atoms with Gasteiger partial charge in [0.1, 0.15) is 5.67 Å². The Morgan fingerprint density at radius 1 is 1.11 bits per heavy atom. The normalized spacial score (nSPS) is 21.6. The minimum Gasteiger partial charge on any atom is -0.381 e. The zero-order valence-electron chi connectivity index (χ0n) is 19.8. The van der Waals surface area contributed by atoms with Gasteiger partial charge >= 0.3 is 0 Å². The number of nitrogens with zero attached hydrogens (tertiary/aromatic N) is 3. The molecule has 2 aromatic carbocycles. The summed E-state index contributed by atoms with van der Waals surface area (Å²) in [5.74, 6) is 0.290. The number of anilines is 1. The van der Waals surface area contributed by atoms with E-state index in [4.69, 9.17) is 9.26 Å². The first-order valence-corrected chi connectivity index (χ1v) is 11.6. The average Bonchev–Trinajstić information content (AvgIpc) is 3.50. The average molecular weight is 478 g/mol. The van der Waals surface area contributed by atoms with Gasteiger partial charge in [0.15, 0.2) is 11.9 Å². The molecule has 1 fully saturated rings. The van der Waals surface area contributed by atoms with Crippen LogP contribution in [0.2, 0.25) is 0 Å². The molecule has 5 rings (SSSR count). The zero-order valence-corrected chi connectivity index (χ0v) is 19.8. The van der Waals surface area contributed by atoms with Crippen LogP contribution in [-0.2, 0) is 27.3 Å². The first-order chi connectivity index (χ1) is 16.9. The molecule has 0 spiro atoms. The molecule has 0 radical (unpaired) electrons. The van der Waals surface area contributed by atoms with Crippen LogP contribution in [0.1, 0.15) is 49.3 Å². The van der Waals surface area contributed by atoms with E-state index in [1.54, 1.807) is 0 Å². The molecule has 1 amide bonds. The fourth-order valence-electron chi connectivity index (χ4n) is 4.71. The van der Waals surface area contributed by atoms with Gasteiger partial charge in [-0.2, -0.15) is 4.98 Å². The summed E-state index contributed by atoms with van der Waals surface area (Å²) in [4.78, 5) is 15.6. The zero-order chi connectivity index (χ0) is 24.5. The number of hydrazine groups is 1. The number of benzene rings is 2. The third-order valence-electron chi connectivity index (χ3n) is 6.62. The Balaban J connectivity index is 1.41. The lowest BCUT2D eigenvalue weighted by Crippen LogP contribution is -2.45. The number of allylic oxidation sites excluding steroid dienone is 1. The summed E-state index contributed by atoms with van der Waals surface area (Å²) >= 11 is 0. The predicted octanol–water partition coefficient (Wildman–Crippen LogP) is 4.17. The van der Waals surface area contributed by atoms with Crippen molar-refractivity contribution in [3.63, 3.8) is 0 Å². The maximum atomic E-state index is 15.5. The van der Waals surface area contributed by atoms with Gasteiger partial charge in [-0.3, -0.25) is 4.79 Å². The van der Waals surface area contributed by atoms with Gasteiger partial charge < -0.3 is 19.6 Å². The lowest BCUT2D eigenvalue weighted by atomic mass is 9.84. The van der Waals surface area contributed by atoms with E-state index in [0.29, 0.717) is 44.1 Å². The number of amides is 1. The van der Waals surface area contributed by atoms with Crippen LogP contribution >= 0.6 is 0 Å². The summed E-state index contributed by atoms with van der Waals surface area (Å²) in [6.45, 7) is 4.91. The number of ether oxygens (including phenoxy) is 1. The number of nitrogens with one attached hydrogen (secondary N) is 2. The highest BCUT2D eigenvalue weighted by Crippen LogP contribution is 2.40. The van der Waals surface area contributed by atoms with E-state index in [1.165, 1.54) is 13.3 Å². The summed E-state index contributed by atoms with van der Waals surface area (Å²) < 4.78 is 26.3. The third kappa shape index (κ3) is 4.56. The van der Waals surface area contributed by atoms with Crippen LogP contribution in [0.3, 0.4) is 0 Å². The van der Waals surface area contributed by atoms with Crippen LogP contribution in [0.25, 0.3) is 0 Å². The number of halogens is 1. The molecule has 2 N–H and O–H groups in total. The summed E-state index contributed by atoms with van der Waals surface area (Å²) in [5, 5.41) is 8.62. The molecule has 182 valence electrons. The summed E-state index contributed by atoms with van der Waals surface area (Å²) in [7, 11) is 0. The van der Waals surface area contributed by atoms with Gasteiger partial charge in [-0.05, 0) is 41.8 Å². The molecule has 1 saturated heterocycles. The Morgan fingerprint density at radius 3 is 2.43 bits per heavy atom. The van der Waals surface area contributed by atoms with Gasteiger partial charge in [-0.15, -0.1) is 0 Å². The van der Waals surface area contributed by atoms with Crippen LogP contribution < -0.4 is 10.7 Å². The Labute approximate surface area is 203 Å². The second kappa shape index (κ2) is 9.24. The topological polar surface area (TPSA) is 92.5 Å². The van der Waals surface area contributed by atoms with Crippen molar-refractivity contribution < 1.29 is 18.4 Å². The molecule has 1 unspecified atom stereocenters. The fraction of sp³-hybridized carbons (Fsp3) is 0.346. The summed E-state index contributed by atoms with van der Waals surface area (Å²) in [6, 6.07) is 15.2. The van der Waals surface area contributed by atoms with Crippen molar-refractivity contribution in [2.75, 3.05) is 18.5 Å². The number of alkyl halides is 1. The number of aromatic nitrogens is 2. The van der Waals surface area contributed by atoms with Crippen molar-refractivity contribution in [1.82, 2.24) is 20.6 Å². The van der Waals surface area contributed by atoms with Gasteiger partial charge in [-0.25, -0.2) is 9.82 Å². The Kier molecular flexibility index (Phi) is 6.12. The second-order valence-electron chi connectivity index (χ2n) is 9.07. The van der Waals surface area contributed by atoms with E-state index in [-0.39, 0.29) is 5.91 Å². The van der Waals surface area contributed by atoms with E-state index in [1.807, 2.05) is 66.5 Å². The lowest BCUT2D eigenvalue weighted by Gasteiger charge is -2.32. The highest BCUT2D eigenvalue weighted by molar-refractivity contribution is 5.88. The molecule has 8 nitrogen and oxygen atoms in total. The van der Waals surface area contributed by atoms with E-state index in [9.17, 15) is 4.79 Å². The van der Waals surface area contributed by atoms with Crippen LogP contribution in [0, 0.1) is 0 Å². The predicted molar refractivity (Wildman–Crippen MR) is 128 cm³/mol. The summed E-state index contributed by atoms with van der Waals surface area (Å²) in [6.07, 6.45) is 4.12. The molecule has 2 aliphatic rings. The van der Waals surface area contributed by atoms with Crippen molar-refractivity contribution >= 4 is 11.6 Å². The van der Waals surface area contributed by atoms with Crippen LogP contribution in [0.5, 0.6) is 0 Å². The quantitative estimate of drug-likeness (QED) is 0.550. The molecule has 1 atom stereocenters. The van der Waals surface area contributed by atoms with Gasteiger partial charge in [-0.1, -0.05) is 41.6 Å². The largest absolute Gasteiger partial charge is 0.381 e. The van der Waals surface area contributed by atoms with Crippen molar-refractivity contribution in [3.05, 3.63) is 89.2 Å². The number of hydrogen-bond acceptors (Lipinski definition) is 7. The molecule has 3 heterocycles. The van der Waals surface area contributed by atoms with E-state index in [2.05, 4.69) is 20.9 Å². The van der Waals surface area contributed by atoms with Gasteiger partial charge in [0.25, 0.3) is 5.89 Å². The van der Waals surface area contributed by atoms with E-state index < -0.39 is 11.2 Å². The highest BCUT2D eigenvalue weighted by atomic mass is 19.1.